The number of thiazole rings is 1. The molecule has 190 valence electrons. The second-order valence-electron chi connectivity index (χ2n) is 9.51. The molecule has 0 radical (unpaired) electrons. The Kier molecular flexibility index (Phi) is 6.42. The summed E-state index contributed by atoms with van der Waals surface area (Å²) in [7, 11) is 0. The number of piperidine rings is 1. The number of fused-ring (bicyclic) bond motifs is 1. The molecule has 3 heterocycles. The fourth-order valence-corrected chi connectivity index (χ4v) is 6.51. The van der Waals surface area contributed by atoms with Crippen molar-refractivity contribution < 1.29 is 14.3 Å². The van der Waals surface area contributed by atoms with Gasteiger partial charge >= 0.3 is 5.97 Å². The molecule has 2 aliphatic rings. The number of aromatic carboxylic acids is 1. The highest BCUT2D eigenvalue weighted by atomic mass is 35.5. The maximum atomic E-state index is 14.4. The third kappa shape index (κ3) is 4.74. The van der Waals surface area contributed by atoms with E-state index in [1.807, 2.05) is 24.4 Å². The van der Waals surface area contributed by atoms with Crippen molar-refractivity contribution in [1.29, 1.82) is 0 Å². The van der Waals surface area contributed by atoms with Gasteiger partial charge in [0.15, 0.2) is 10.9 Å². The third-order valence-electron chi connectivity index (χ3n) is 6.98. The number of aromatic nitrogens is 3. The molecular formula is C27H23Cl2FN4O2S. The highest BCUT2D eigenvalue weighted by Crippen LogP contribution is 2.42. The van der Waals surface area contributed by atoms with Crippen molar-refractivity contribution in [2.24, 2.45) is 5.92 Å². The maximum absolute atomic E-state index is 14.4. The molecule has 1 saturated carbocycles. The molecular weight excluding hydrogens is 534 g/mol. The van der Waals surface area contributed by atoms with E-state index in [1.165, 1.54) is 17.4 Å². The van der Waals surface area contributed by atoms with Crippen LogP contribution >= 0.6 is 34.5 Å². The minimum absolute atomic E-state index is 0.0630. The summed E-state index contributed by atoms with van der Waals surface area (Å²) >= 11 is 14.4. The molecule has 4 aromatic rings. The van der Waals surface area contributed by atoms with Gasteiger partial charge in [-0.2, -0.15) is 5.10 Å². The molecule has 6 rings (SSSR count). The van der Waals surface area contributed by atoms with Crippen molar-refractivity contribution in [2.75, 3.05) is 18.0 Å². The number of carboxylic acids is 1. The molecule has 2 fully saturated rings. The number of hydrogen-bond donors (Lipinski definition) is 1. The SMILES string of the molecule is O=C(O)c1cc(F)c2nc(N3CCC(C=Cc4c(-c5c(Cl)cccc5Cl)cnn4C4CC4)CC3)sc2c1. The highest BCUT2D eigenvalue weighted by molar-refractivity contribution is 7.22. The molecule has 6 nitrogen and oxygen atoms in total. The molecule has 0 spiro atoms. The zero-order valence-electron chi connectivity index (χ0n) is 19.7. The first-order valence-corrected chi connectivity index (χ1v) is 13.7. The van der Waals surface area contributed by atoms with Crippen LogP contribution in [0.5, 0.6) is 0 Å². The smallest absolute Gasteiger partial charge is 0.335 e. The summed E-state index contributed by atoms with van der Waals surface area (Å²) in [4.78, 5) is 17.9. The number of nitrogens with zero attached hydrogens (tertiary/aromatic N) is 4. The Morgan fingerprint density at radius 3 is 2.54 bits per heavy atom. The summed E-state index contributed by atoms with van der Waals surface area (Å²) in [5.41, 5.74) is 2.93. The lowest BCUT2D eigenvalue weighted by Gasteiger charge is -2.30. The fraction of sp³-hybridized carbons (Fsp3) is 0.296. The van der Waals surface area contributed by atoms with Gasteiger partial charge in [0.25, 0.3) is 0 Å². The molecule has 1 aliphatic carbocycles. The lowest BCUT2D eigenvalue weighted by atomic mass is 9.95. The number of benzene rings is 2. The zero-order valence-corrected chi connectivity index (χ0v) is 22.0. The van der Waals surface area contributed by atoms with Crippen molar-refractivity contribution in [3.8, 4) is 11.1 Å². The molecule has 0 atom stereocenters. The van der Waals surface area contributed by atoms with Crippen LogP contribution < -0.4 is 4.90 Å². The van der Waals surface area contributed by atoms with Gasteiger partial charge < -0.3 is 10.0 Å². The normalized spacial score (nSPS) is 16.8. The van der Waals surface area contributed by atoms with Crippen LogP contribution in [0.1, 0.15) is 47.8 Å². The quantitative estimate of drug-likeness (QED) is 0.265. The Morgan fingerprint density at radius 2 is 1.86 bits per heavy atom. The van der Waals surface area contributed by atoms with E-state index in [2.05, 4.69) is 31.8 Å². The van der Waals surface area contributed by atoms with Crippen LogP contribution in [0.25, 0.3) is 27.4 Å². The number of carboxylic acid groups (broad SMARTS) is 1. The van der Waals surface area contributed by atoms with Crippen LogP contribution in [-0.4, -0.2) is 38.9 Å². The topological polar surface area (TPSA) is 71.2 Å². The summed E-state index contributed by atoms with van der Waals surface area (Å²) in [6.45, 7) is 1.57. The Hall–Kier alpha value is -2.94. The number of rotatable bonds is 6. The van der Waals surface area contributed by atoms with Crippen molar-refractivity contribution >= 4 is 61.9 Å². The van der Waals surface area contributed by atoms with Gasteiger partial charge in [-0.25, -0.2) is 14.2 Å². The molecule has 0 amide bonds. The van der Waals surface area contributed by atoms with Crippen LogP contribution in [0, 0.1) is 11.7 Å². The summed E-state index contributed by atoms with van der Waals surface area (Å²) in [6, 6.07) is 8.46. The first-order valence-electron chi connectivity index (χ1n) is 12.2. The van der Waals surface area contributed by atoms with Gasteiger partial charge in [0.05, 0.1) is 38.2 Å². The third-order valence-corrected chi connectivity index (χ3v) is 8.67. The highest BCUT2D eigenvalue weighted by Gasteiger charge is 2.29. The Labute approximate surface area is 226 Å². The average Bonchev–Trinajstić information content (AvgIpc) is 3.49. The molecule has 10 heteroatoms. The van der Waals surface area contributed by atoms with Crippen molar-refractivity contribution in [1.82, 2.24) is 14.8 Å². The minimum Gasteiger partial charge on any atom is -0.478 e. The monoisotopic (exact) mass is 556 g/mol. The van der Waals surface area contributed by atoms with Gasteiger partial charge in [0.1, 0.15) is 5.52 Å². The Bertz CT molecular complexity index is 1520. The van der Waals surface area contributed by atoms with Gasteiger partial charge in [-0.05, 0) is 61.9 Å². The predicted octanol–water partition coefficient (Wildman–Crippen LogP) is 7.57. The predicted molar refractivity (Wildman–Crippen MR) is 146 cm³/mol. The lowest BCUT2D eigenvalue weighted by Crippen LogP contribution is -2.32. The second kappa shape index (κ2) is 9.74. The van der Waals surface area contributed by atoms with Gasteiger partial charge in [-0.3, -0.25) is 4.68 Å². The minimum atomic E-state index is -1.15. The van der Waals surface area contributed by atoms with Crippen LogP contribution in [-0.2, 0) is 0 Å². The summed E-state index contributed by atoms with van der Waals surface area (Å²) in [6.07, 6.45) is 10.3. The lowest BCUT2D eigenvalue weighted by molar-refractivity contribution is 0.0696. The molecule has 0 unspecified atom stereocenters. The molecule has 2 aromatic carbocycles. The summed E-state index contributed by atoms with van der Waals surface area (Å²) in [5, 5.41) is 15.8. The van der Waals surface area contributed by atoms with E-state index in [0.29, 0.717) is 26.7 Å². The Balaban J connectivity index is 1.20. The molecule has 1 aliphatic heterocycles. The van der Waals surface area contributed by atoms with Gasteiger partial charge in [-0.1, -0.05) is 46.7 Å². The summed E-state index contributed by atoms with van der Waals surface area (Å²) in [5.74, 6) is -1.37. The van der Waals surface area contributed by atoms with Crippen LogP contribution in [0.2, 0.25) is 10.0 Å². The van der Waals surface area contributed by atoms with Crippen LogP contribution in [0.3, 0.4) is 0 Å². The molecule has 1 saturated heterocycles. The molecule has 2 aromatic heterocycles. The average molecular weight is 557 g/mol. The number of allylic oxidation sites excluding steroid dienone is 1. The maximum Gasteiger partial charge on any atom is 0.335 e. The van der Waals surface area contributed by atoms with E-state index in [1.54, 1.807) is 0 Å². The van der Waals surface area contributed by atoms with Gasteiger partial charge in [-0.15, -0.1) is 0 Å². The van der Waals surface area contributed by atoms with Crippen molar-refractivity contribution in [3.05, 3.63) is 69.7 Å². The second-order valence-corrected chi connectivity index (χ2v) is 11.3. The Morgan fingerprint density at radius 1 is 1.14 bits per heavy atom. The van der Waals surface area contributed by atoms with Crippen molar-refractivity contribution in [3.63, 3.8) is 0 Å². The van der Waals surface area contributed by atoms with E-state index < -0.39 is 11.8 Å². The van der Waals surface area contributed by atoms with E-state index in [-0.39, 0.29) is 11.1 Å². The summed E-state index contributed by atoms with van der Waals surface area (Å²) < 4.78 is 17.0. The first kappa shape index (κ1) is 24.4. The molecule has 37 heavy (non-hydrogen) atoms. The zero-order chi connectivity index (χ0) is 25.7. The number of carbonyl (C=O) groups is 1. The molecule has 0 bridgehead atoms. The van der Waals surface area contributed by atoms with E-state index in [4.69, 9.17) is 23.2 Å². The fourth-order valence-electron chi connectivity index (χ4n) is 4.84. The van der Waals surface area contributed by atoms with E-state index in [0.717, 1.165) is 66.8 Å². The van der Waals surface area contributed by atoms with Crippen molar-refractivity contribution in [2.45, 2.75) is 31.7 Å². The largest absolute Gasteiger partial charge is 0.478 e. The first-order chi connectivity index (χ1) is 17.9. The van der Waals surface area contributed by atoms with Crippen LogP contribution in [0.15, 0.2) is 42.6 Å². The van der Waals surface area contributed by atoms with Gasteiger partial charge in [0, 0.05) is 24.2 Å². The molecule has 1 N–H and O–H groups in total. The number of hydrogen-bond acceptors (Lipinski definition) is 5. The van der Waals surface area contributed by atoms with E-state index in [9.17, 15) is 14.3 Å². The standard InChI is InChI=1S/C27H23Cl2FN4O2S/c28-19-2-1-3-20(29)24(19)18-14-31-34(17-5-6-17)22(18)7-4-15-8-10-33(11-9-15)27-32-25-21(30)12-16(26(35)36)13-23(25)37-27/h1-4,7,12-15,17H,5-6,8-11H2,(H,35,36). The number of anilines is 1. The number of halogens is 3. The van der Waals surface area contributed by atoms with Gasteiger partial charge in [0.2, 0.25) is 0 Å². The van der Waals surface area contributed by atoms with Crippen LogP contribution in [0.4, 0.5) is 9.52 Å². The van der Waals surface area contributed by atoms with E-state index >= 15 is 0 Å².